The number of nitrogens with one attached hydrogen (secondary N) is 1. The minimum atomic E-state index is -4.51. The van der Waals surface area contributed by atoms with Crippen LogP contribution in [-0.2, 0) is 12.7 Å². The summed E-state index contributed by atoms with van der Waals surface area (Å²) >= 11 is 0. The van der Waals surface area contributed by atoms with Gasteiger partial charge in [-0.3, -0.25) is 0 Å². The number of hydrogen-bond donors (Lipinski definition) is 1. The van der Waals surface area contributed by atoms with E-state index in [4.69, 9.17) is 0 Å². The molecule has 0 amide bonds. The van der Waals surface area contributed by atoms with Crippen molar-refractivity contribution in [3.63, 3.8) is 0 Å². The number of alkyl halides is 3. The van der Waals surface area contributed by atoms with E-state index in [0.29, 0.717) is 18.5 Å². The maximum atomic E-state index is 13.0. The van der Waals surface area contributed by atoms with Gasteiger partial charge in [0.2, 0.25) is 0 Å². The fraction of sp³-hybridized carbons (Fsp3) is 0.625. The summed E-state index contributed by atoms with van der Waals surface area (Å²) < 4.78 is 51.5. The standard InChI is InChI=1S/C16H21F4N/c17-14-7-6-13(15(10-14)16(18,19)20)11-21-9-8-12-4-2-1-3-5-12/h6-7,10,12,21H,1-5,8-9,11H2. The van der Waals surface area contributed by atoms with Crippen LogP contribution in [0.3, 0.4) is 0 Å². The van der Waals surface area contributed by atoms with Crippen molar-refractivity contribution >= 4 is 0 Å². The van der Waals surface area contributed by atoms with Gasteiger partial charge >= 0.3 is 6.18 Å². The van der Waals surface area contributed by atoms with Crippen molar-refractivity contribution in [1.29, 1.82) is 0 Å². The lowest BCUT2D eigenvalue weighted by atomic mass is 9.87. The van der Waals surface area contributed by atoms with Crippen molar-refractivity contribution < 1.29 is 17.6 Å². The van der Waals surface area contributed by atoms with Crippen molar-refractivity contribution in [2.75, 3.05) is 6.54 Å². The first-order valence-corrected chi connectivity index (χ1v) is 7.53. The summed E-state index contributed by atoms with van der Waals surface area (Å²) in [5.41, 5.74) is -0.778. The Labute approximate surface area is 122 Å². The minimum absolute atomic E-state index is 0.104. The highest BCUT2D eigenvalue weighted by Crippen LogP contribution is 2.32. The summed E-state index contributed by atoms with van der Waals surface area (Å²) in [6.45, 7) is 0.835. The predicted molar refractivity (Wildman–Crippen MR) is 74.3 cm³/mol. The Morgan fingerprint density at radius 1 is 1.10 bits per heavy atom. The van der Waals surface area contributed by atoms with E-state index in [-0.39, 0.29) is 12.1 Å². The minimum Gasteiger partial charge on any atom is -0.313 e. The number of rotatable bonds is 5. The van der Waals surface area contributed by atoms with Crippen molar-refractivity contribution in [3.05, 3.63) is 35.1 Å². The van der Waals surface area contributed by atoms with Gasteiger partial charge in [-0.25, -0.2) is 4.39 Å². The fourth-order valence-electron chi connectivity index (χ4n) is 2.97. The van der Waals surface area contributed by atoms with Gasteiger partial charge in [0.05, 0.1) is 5.56 Å². The number of benzene rings is 1. The number of halogens is 4. The predicted octanol–water partition coefficient (Wildman–Crippen LogP) is 4.90. The topological polar surface area (TPSA) is 12.0 Å². The molecule has 1 aromatic carbocycles. The first-order chi connectivity index (χ1) is 9.97. The molecule has 1 saturated carbocycles. The van der Waals surface area contributed by atoms with E-state index in [1.807, 2.05) is 0 Å². The highest BCUT2D eigenvalue weighted by molar-refractivity contribution is 5.30. The fourth-order valence-corrected chi connectivity index (χ4v) is 2.97. The smallest absolute Gasteiger partial charge is 0.313 e. The van der Waals surface area contributed by atoms with Crippen molar-refractivity contribution in [1.82, 2.24) is 5.32 Å². The zero-order chi connectivity index (χ0) is 15.3. The Balaban J connectivity index is 1.85. The van der Waals surface area contributed by atoms with Crippen LogP contribution in [0, 0.1) is 11.7 Å². The molecule has 0 unspecified atom stereocenters. The van der Waals surface area contributed by atoms with Crippen LogP contribution in [-0.4, -0.2) is 6.54 Å². The molecule has 0 saturated heterocycles. The molecule has 0 radical (unpaired) electrons. The molecule has 0 spiro atoms. The molecule has 1 aliphatic rings. The molecule has 1 nitrogen and oxygen atoms in total. The summed E-state index contributed by atoms with van der Waals surface area (Å²) in [6, 6.07) is 2.86. The maximum absolute atomic E-state index is 13.0. The van der Waals surface area contributed by atoms with Gasteiger partial charge in [-0.15, -0.1) is 0 Å². The van der Waals surface area contributed by atoms with Crippen molar-refractivity contribution in [2.45, 2.75) is 51.2 Å². The monoisotopic (exact) mass is 303 g/mol. The first-order valence-electron chi connectivity index (χ1n) is 7.53. The molecule has 0 bridgehead atoms. The largest absolute Gasteiger partial charge is 0.416 e. The molecule has 1 fully saturated rings. The molecular formula is C16H21F4N. The maximum Gasteiger partial charge on any atom is 0.416 e. The van der Waals surface area contributed by atoms with Gasteiger partial charge in [-0.2, -0.15) is 13.2 Å². The molecule has 118 valence electrons. The molecule has 1 N–H and O–H groups in total. The molecule has 0 aliphatic heterocycles. The lowest BCUT2D eigenvalue weighted by molar-refractivity contribution is -0.138. The van der Waals surface area contributed by atoms with Gasteiger partial charge in [0, 0.05) is 6.54 Å². The Morgan fingerprint density at radius 2 is 1.81 bits per heavy atom. The third-order valence-corrected chi connectivity index (χ3v) is 4.15. The number of hydrogen-bond acceptors (Lipinski definition) is 1. The van der Waals surface area contributed by atoms with Crippen LogP contribution in [0.1, 0.15) is 49.7 Å². The zero-order valence-corrected chi connectivity index (χ0v) is 12.0. The second-order valence-corrected chi connectivity index (χ2v) is 5.77. The summed E-state index contributed by atoms with van der Waals surface area (Å²) in [5.74, 6) is -0.158. The van der Waals surface area contributed by atoms with Crippen LogP contribution < -0.4 is 5.32 Å². The van der Waals surface area contributed by atoms with E-state index < -0.39 is 17.6 Å². The molecule has 0 aromatic heterocycles. The average Bonchev–Trinajstić information content (AvgIpc) is 2.45. The summed E-state index contributed by atoms with van der Waals surface area (Å²) in [6.07, 6.45) is 2.78. The van der Waals surface area contributed by atoms with E-state index in [1.165, 1.54) is 38.2 Å². The summed E-state index contributed by atoms with van der Waals surface area (Å²) in [4.78, 5) is 0. The first kappa shape index (κ1) is 16.3. The summed E-state index contributed by atoms with van der Waals surface area (Å²) in [7, 11) is 0. The SMILES string of the molecule is Fc1ccc(CNCCC2CCCCC2)c(C(F)(F)F)c1. The van der Waals surface area contributed by atoms with E-state index in [1.54, 1.807) is 0 Å². The van der Waals surface area contributed by atoms with Crippen LogP contribution in [0.5, 0.6) is 0 Å². The molecule has 5 heteroatoms. The average molecular weight is 303 g/mol. The summed E-state index contributed by atoms with van der Waals surface area (Å²) in [5, 5.41) is 3.06. The molecule has 2 rings (SSSR count). The van der Waals surface area contributed by atoms with Gasteiger partial charge in [0.1, 0.15) is 5.82 Å². The molecule has 21 heavy (non-hydrogen) atoms. The lowest BCUT2D eigenvalue weighted by Crippen LogP contribution is -2.21. The van der Waals surface area contributed by atoms with Gasteiger partial charge in [-0.05, 0) is 36.6 Å². The van der Waals surface area contributed by atoms with Crippen LogP contribution in [0.2, 0.25) is 0 Å². The molecule has 1 aliphatic carbocycles. The Bertz CT molecular complexity index is 450. The second kappa shape index (κ2) is 7.25. The molecule has 0 heterocycles. The van der Waals surface area contributed by atoms with Crippen LogP contribution in [0.4, 0.5) is 17.6 Å². The quantitative estimate of drug-likeness (QED) is 0.602. The highest BCUT2D eigenvalue weighted by Gasteiger charge is 2.33. The van der Waals surface area contributed by atoms with Gasteiger partial charge in [-0.1, -0.05) is 38.2 Å². The Hall–Kier alpha value is -1.10. The Morgan fingerprint density at radius 3 is 2.48 bits per heavy atom. The normalized spacial score (nSPS) is 17.1. The van der Waals surface area contributed by atoms with Crippen molar-refractivity contribution in [3.8, 4) is 0 Å². The van der Waals surface area contributed by atoms with E-state index >= 15 is 0 Å². The molecular weight excluding hydrogens is 282 g/mol. The van der Waals surface area contributed by atoms with Crippen molar-refractivity contribution in [2.24, 2.45) is 5.92 Å². The third kappa shape index (κ3) is 4.99. The van der Waals surface area contributed by atoms with E-state index in [9.17, 15) is 17.6 Å². The van der Waals surface area contributed by atoms with Crippen LogP contribution in [0.25, 0.3) is 0 Å². The van der Waals surface area contributed by atoms with Gasteiger partial charge in [0.15, 0.2) is 0 Å². The van der Waals surface area contributed by atoms with Gasteiger partial charge in [0.25, 0.3) is 0 Å². The second-order valence-electron chi connectivity index (χ2n) is 5.77. The van der Waals surface area contributed by atoms with E-state index in [0.717, 1.165) is 12.5 Å². The van der Waals surface area contributed by atoms with Crippen LogP contribution >= 0.6 is 0 Å². The molecule has 0 atom stereocenters. The third-order valence-electron chi connectivity index (χ3n) is 4.15. The van der Waals surface area contributed by atoms with Gasteiger partial charge < -0.3 is 5.32 Å². The molecule has 1 aromatic rings. The Kier molecular flexibility index (Phi) is 5.62. The van der Waals surface area contributed by atoms with E-state index in [2.05, 4.69) is 5.32 Å². The lowest BCUT2D eigenvalue weighted by Gasteiger charge is -2.21. The zero-order valence-electron chi connectivity index (χ0n) is 12.0. The van der Waals surface area contributed by atoms with Crippen LogP contribution in [0.15, 0.2) is 18.2 Å². The highest BCUT2D eigenvalue weighted by atomic mass is 19.4.